The number of anilines is 3. The van der Waals surface area contributed by atoms with Gasteiger partial charge in [0.05, 0.1) is 24.4 Å². The third kappa shape index (κ3) is 8.10. The number of piperidine rings is 1. The first-order valence-corrected chi connectivity index (χ1v) is 18.8. The molecule has 2 saturated heterocycles. The number of urea groups is 1. The van der Waals surface area contributed by atoms with E-state index in [1.54, 1.807) is 9.42 Å². The van der Waals surface area contributed by atoms with Crippen molar-refractivity contribution in [1.82, 2.24) is 34.6 Å². The Morgan fingerprint density at radius 3 is 2.51 bits per heavy atom. The molecule has 7 rings (SSSR count). The van der Waals surface area contributed by atoms with Crippen LogP contribution in [0.4, 0.5) is 26.5 Å². The van der Waals surface area contributed by atoms with Crippen molar-refractivity contribution in [2.45, 2.75) is 77.7 Å². The number of aliphatic hydroxyl groups is 1. The third-order valence-corrected chi connectivity index (χ3v) is 10.6. The van der Waals surface area contributed by atoms with E-state index < -0.39 is 23.7 Å². The fraction of sp³-hybridized carbons (Fsp3) is 0.436. The van der Waals surface area contributed by atoms with Crippen molar-refractivity contribution in [2.75, 3.05) is 48.7 Å². The van der Waals surface area contributed by atoms with Crippen LogP contribution in [-0.4, -0.2) is 103 Å². The fourth-order valence-corrected chi connectivity index (χ4v) is 7.35. The number of carbonyl (C=O) groups is 4. The molecule has 3 aliphatic heterocycles. The molecule has 2 atom stereocenters. The molecule has 2 aromatic heterocycles. The molecule has 5 heterocycles. The first kappa shape index (κ1) is 37.7. The van der Waals surface area contributed by atoms with Crippen molar-refractivity contribution in [2.24, 2.45) is 0 Å². The predicted molar refractivity (Wildman–Crippen MR) is 204 cm³/mol. The maximum absolute atomic E-state index is 15.2. The predicted octanol–water partition coefficient (Wildman–Crippen LogP) is 3.90. The van der Waals surface area contributed by atoms with Gasteiger partial charge in [-0.25, -0.2) is 14.2 Å². The minimum Gasteiger partial charge on any atom is -0.394 e. The number of rotatable bonds is 12. The molecule has 0 bridgehead atoms. The number of aliphatic hydroxyl groups excluding tert-OH is 1. The van der Waals surface area contributed by atoms with Gasteiger partial charge in [-0.2, -0.15) is 9.61 Å². The topological polar surface area (TPSA) is 177 Å². The minimum absolute atomic E-state index is 0.00159. The van der Waals surface area contributed by atoms with E-state index in [2.05, 4.69) is 45.1 Å². The summed E-state index contributed by atoms with van der Waals surface area (Å²) >= 11 is 0. The third-order valence-electron chi connectivity index (χ3n) is 10.6. The number of aromatic nitrogens is 3. The molecule has 5 amide bonds. The van der Waals surface area contributed by atoms with E-state index in [4.69, 9.17) is 4.98 Å². The maximum Gasteiger partial charge on any atom is 0.321 e. The number of nitrogens with one attached hydrogen (secondary N) is 4. The molecule has 16 heteroatoms. The van der Waals surface area contributed by atoms with Crippen molar-refractivity contribution >= 4 is 46.7 Å². The monoisotopic (exact) mass is 754 g/mol. The molecule has 2 aromatic carbocycles. The first-order chi connectivity index (χ1) is 26.5. The quantitative estimate of drug-likeness (QED) is 0.133. The van der Waals surface area contributed by atoms with Crippen molar-refractivity contribution in [3.63, 3.8) is 0 Å². The standard InChI is InChI=1S/C39H47FN10O5/c1-4-27(22-51)43-32-17-33(50-36(45-32)29(19-42-50)23(2)3)41-18-24-5-7-28(8-6-24)44-39(55)48-13-11-47(12-14-48)20-25-15-26-21-49(38(54)35(26)30(40)16-25)31-9-10-34(52)46-37(31)53/h5-8,15-17,19,23,27,31,41,51H,4,9-14,18,20-22H2,1-3H3,(H,43,45)(H,44,55)(H,46,52,53)/t27-,31?/m0/s1. The molecule has 0 saturated carbocycles. The molecule has 15 nitrogen and oxygen atoms in total. The summed E-state index contributed by atoms with van der Waals surface area (Å²) in [6, 6.07) is 11.6. The van der Waals surface area contributed by atoms with Crippen LogP contribution in [0.5, 0.6) is 0 Å². The van der Waals surface area contributed by atoms with Gasteiger partial charge in [0.2, 0.25) is 11.8 Å². The second-order valence-corrected chi connectivity index (χ2v) is 14.7. The number of hydrogen-bond acceptors (Lipinski definition) is 10. The van der Waals surface area contributed by atoms with E-state index in [0.717, 1.165) is 29.0 Å². The Morgan fingerprint density at radius 1 is 1.05 bits per heavy atom. The van der Waals surface area contributed by atoms with E-state index in [-0.39, 0.29) is 55.5 Å². The molecule has 0 radical (unpaired) electrons. The Kier molecular flexibility index (Phi) is 11.0. The van der Waals surface area contributed by atoms with Gasteiger partial charge in [-0.15, -0.1) is 0 Å². The van der Waals surface area contributed by atoms with Gasteiger partial charge in [0.15, 0.2) is 5.65 Å². The highest BCUT2D eigenvalue weighted by atomic mass is 19.1. The Hall–Kier alpha value is -5.61. The smallest absolute Gasteiger partial charge is 0.321 e. The largest absolute Gasteiger partial charge is 0.394 e. The van der Waals surface area contributed by atoms with Gasteiger partial charge in [-0.1, -0.05) is 39.0 Å². The van der Waals surface area contributed by atoms with E-state index in [1.807, 2.05) is 49.5 Å². The lowest BCUT2D eigenvalue weighted by Crippen LogP contribution is -2.52. The van der Waals surface area contributed by atoms with E-state index in [0.29, 0.717) is 61.9 Å². The molecule has 5 N–H and O–H groups in total. The van der Waals surface area contributed by atoms with E-state index in [9.17, 15) is 24.3 Å². The summed E-state index contributed by atoms with van der Waals surface area (Å²) in [6.45, 7) is 9.43. The summed E-state index contributed by atoms with van der Waals surface area (Å²) < 4.78 is 17.0. The molecule has 2 fully saturated rings. The highest BCUT2D eigenvalue weighted by molar-refractivity contribution is 6.05. The molecule has 0 aliphatic carbocycles. The summed E-state index contributed by atoms with van der Waals surface area (Å²) in [5.41, 5.74) is 4.68. The van der Waals surface area contributed by atoms with Crippen molar-refractivity contribution < 1.29 is 28.7 Å². The van der Waals surface area contributed by atoms with Gasteiger partial charge in [0.25, 0.3) is 5.91 Å². The Morgan fingerprint density at radius 2 is 1.82 bits per heavy atom. The zero-order valence-corrected chi connectivity index (χ0v) is 31.3. The van der Waals surface area contributed by atoms with Gasteiger partial charge in [-0.05, 0) is 53.6 Å². The van der Waals surface area contributed by atoms with Crippen LogP contribution >= 0.6 is 0 Å². The fourth-order valence-electron chi connectivity index (χ4n) is 7.35. The van der Waals surface area contributed by atoms with Crippen molar-refractivity contribution in [3.05, 3.63) is 82.3 Å². The molecule has 290 valence electrons. The van der Waals surface area contributed by atoms with Crippen molar-refractivity contribution in [1.29, 1.82) is 0 Å². The average molecular weight is 755 g/mol. The summed E-state index contributed by atoms with van der Waals surface area (Å²) in [4.78, 5) is 60.2. The number of hydrogen-bond donors (Lipinski definition) is 5. The zero-order chi connectivity index (χ0) is 38.8. The second-order valence-electron chi connectivity index (χ2n) is 14.7. The Labute approximate surface area is 318 Å². The first-order valence-electron chi connectivity index (χ1n) is 18.8. The number of imide groups is 1. The van der Waals surface area contributed by atoms with Crippen LogP contribution < -0.4 is 21.3 Å². The van der Waals surface area contributed by atoms with E-state index >= 15 is 4.39 Å². The average Bonchev–Trinajstić information content (AvgIpc) is 3.75. The van der Waals surface area contributed by atoms with Gasteiger partial charge in [-0.3, -0.25) is 24.6 Å². The van der Waals surface area contributed by atoms with Gasteiger partial charge in [0.1, 0.15) is 23.5 Å². The number of halogens is 1. The highest BCUT2D eigenvalue weighted by Crippen LogP contribution is 2.31. The van der Waals surface area contributed by atoms with E-state index in [1.165, 1.54) is 11.0 Å². The summed E-state index contributed by atoms with van der Waals surface area (Å²) in [5.74, 6) is -0.403. The van der Waals surface area contributed by atoms with Crippen LogP contribution in [-0.2, 0) is 29.2 Å². The molecular formula is C39H47FN10O5. The normalized spacial score (nSPS) is 18.1. The van der Waals surface area contributed by atoms with Crippen LogP contribution in [0.15, 0.2) is 48.7 Å². The van der Waals surface area contributed by atoms with Crippen LogP contribution in [0.3, 0.4) is 0 Å². The summed E-state index contributed by atoms with van der Waals surface area (Å²) in [5, 5.41) is 26.4. The van der Waals surface area contributed by atoms with Gasteiger partial charge in [0, 0.05) is 69.6 Å². The molecule has 0 spiro atoms. The lowest BCUT2D eigenvalue weighted by atomic mass is 10.0. The molecule has 1 unspecified atom stereocenters. The number of carbonyl (C=O) groups excluding carboxylic acids is 4. The van der Waals surface area contributed by atoms with Crippen LogP contribution in [0.1, 0.15) is 78.6 Å². The Bertz CT molecular complexity index is 2090. The SMILES string of the molecule is CC[C@@H](CO)Nc1cc(NCc2ccc(NC(=O)N3CCN(Cc4cc(F)c5c(c4)CN(C4CCC(=O)NC4=O)C5=O)CC3)cc2)n2ncc(C(C)C)c2n1. The van der Waals surface area contributed by atoms with Crippen LogP contribution in [0.25, 0.3) is 5.65 Å². The zero-order valence-electron chi connectivity index (χ0n) is 31.3. The number of benzene rings is 2. The van der Waals surface area contributed by atoms with Crippen LogP contribution in [0, 0.1) is 5.82 Å². The van der Waals surface area contributed by atoms with Gasteiger partial charge >= 0.3 is 6.03 Å². The van der Waals surface area contributed by atoms with Gasteiger partial charge < -0.3 is 30.9 Å². The summed E-state index contributed by atoms with van der Waals surface area (Å²) in [7, 11) is 0. The molecule has 3 aliphatic rings. The maximum atomic E-state index is 15.2. The second kappa shape index (κ2) is 16.0. The minimum atomic E-state index is -0.802. The lowest BCUT2D eigenvalue weighted by Gasteiger charge is -2.34. The summed E-state index contributed by atoms with van der Waals surface area (Å²) in [6.07, 6.45) is 2.94. The highest BCUT2D eigenvalue weighted by Gasteiger charge is 2.40. The number of amides is 5. The number of nitrogens with zero attached hydrogens (tertiary/aromatic N) is 6. The number of piperazine rings is 1. The number of fused-ring (bicyclic) bond motifs is 2. The molecule has 55 heavy (non-hydrogen) atoms. The molecular weight excluding hydrogens is 707 g/mol. The Balaban J connectivity index is 0.911. The van der Waals surface area contributed by atoms with Crippen molar-refractivity contribution in [3.8, 4) is 0 Å². The lowest BCUT2D eigenvalue weighted by molar-refractivity contribution is -0.136. The molecule has 4 aromatic rings. The van der Waals surface area contributed by atoms with Crippen LogP contribution in [0.2, 0.25) is 0 Å².